The van der Waals surface area contributed by atoms with E-state index >= 15 is 0 Å². The third-order valence-corrected chi connectivity index (χ3v) is 3.59. The molecule has 0 saturated carbocycles. The maximum atomic E-state index is 3.48. The first-order valence-corrected chi connectivity index (χ1v) is 7.09. The summed E-state index contributed by atoms with van der Waals surface area (Å²) in [6.07, 6.45) is 1.14. The van der Waals surface area contributed by atoms with E-state index in [0.717, 1.165) is 17.4 Å². The van der Waals surface area contributed by atoms with Crippen LogP contribution in [0, 0.1) is 0 Å². The van der Waals surface area contributed by atoms with Crippen LogP contribution in [0.3, 0.4) is 0 Å². The molecule has 0 bridgehead atoms. The molecule has 1 N–H and O–H groups in total. The predicted molar refractivity (Wildman–Crippen MR) is 82.1 cm³/mol. The Morgan fingerprint density at radius 3 is 2.56 bits per heavy atom. The summed E-state index contributed by atoms with van der Waals surface area (Å²) >= 11 is 3.48. The summed E-state index contributed by atoms with van der Waals surface area (Å²) in [5.41, 5.74) is 2.58. The molecule has 0 radical (unpaired) electrons. The number of anilines is 1. The monoisotopic (exact) mass is 303 g/mol. The highest BCUT2D eigenvalue weighted by atomic mass is 79.9. The third kappa shape index (κ3) is 3.88. The van der Waals surface area contributed by atoms with Gasteiger partial charge in [0.2, 0.25) is 0 Å². The van der Waals surface area contributed by atoms with Crippen molar-refractivity contribution in [2.75, 3.05) is 11.9 Å². The molecule has 94 valence electrons. The van der Waals surface area contributed by atoms with Crippen LogP contribution in [-0.4, -0.2) is 6.54 Å². The van der Waals surface area contributed by atoms with Gasteiger partial charge in [-0.25, -0.2) is 0 Å². The molecular weight excluding hydrogens is 286 g/mol. The largest absolute Gasteiger partial charge is 0.385 e. The molecule has 0 fully saturated rings. The Balaban J connectivity index is 1.82. The van der Waals surface area contributed by atoms with Crippen LogP contribution < -0.4 is 5.32 Å². The van der Waals surface area contributed by atoms with Crippen LogP contribution in [0.15, 0.2) is 59.1 Å². The maximum Gasteiger partial charge on any atom is 0.0351 e. The Morgan fingerprint density at radius 2 is 1.83 bits per heavy atom. The Bertz CT molecular complexity index is 481. The van der Waals surface area contributed by atoms with E-state index in [0.29, 0.717) is 5.92 Å². The van der Waals surface area contributed by atoms with Gasteiger partial charge in [-0.2, -0.15) is 0 Å². The summed E-state index contributed by atoms with van der Waals surface area (Å²) in [4.78, 5) is 0. The van der Waals surface area contributed by atoms with E-state index in [1.165, 1.54) is 11.3 Å². The van der Waals surface area contributed by atoms with Gasteiger partial charge in [0.25, 0.3) is 0 Å². The highest BCUT2D eigenvalue weighted by Crippen LogP contribution is 2.19. The predicted octanol–water partition coefficient (Wildman–Crippen LogP) is 5.05. The molecule has 0 spiro atoms. The first-order chi connectivity index (χ1) is 8.75. The average molecular weight is 304 g/mol. The van der Waals surface area contributed by atoms with Gasteiger partial charge in [-0.3, -0.25) is 0 Å². The van der Waals surface area contributed by atoms with Gasteiger partial charge in [0.15, 0.2) is 0 Å². The lowest BCUT2D eigenvalue weighted by Gasteiger charge is -2.13. The van der Waals surface area contributed by atoms with Crippen molar-refractivity contribution in [3.05, 3.63) is 64.6 Å². The normalized spacial score (nSPS) is 12.1. The third-order valence-electron chi connectivity index (χ3n) is 3.10. The molecule has 0 aliphatic rings. The van der Waals surface area contributed by atoms with E-state index in [1.54, 1.807) is 0 Å². The van der Waals surface area contributed by atoms with Gasteiger partial charge in [0, 0.05) is 16.7 Å². The second-order valence-corrected chi connectivity index (χ2v) is 5.45. The van der Waals surface area contributed by atoms with Crippen LogP contribution in [-0.2, 0) is 0 Å². The van der Waals surface area contributed by atoms with E-state index in [9.17, 15) is 0 Å². The van der Waals surface area contributed by atoms with E-state index in [4.69, 9.17) is 0 Å². The molecule has 0 heterocycles. The molecule has 1 unspecified atom stereocenters. The molecule has 0 aromatic heterocycles. The molecule has 2 aromatic rings. The summed E-state index contributed by atoms with van der Waals surface area (Å²) < 4.78 is 1.11. The quantitative estimate of drug-likeness (QED) is 0.814. The van der Waals surface area contributed by atoms with Gasteiger partial charge >= 0.3 is 0 Å². The molecule has 1 atom stereocenters. The minimum atomic E-state index is 0.589. The van der Waals surface area contributed by atoms with Crippen molar-refractivity contribution in [3.8, 4) is 0 Å². The first kappa shape index (κ1) is 13.2. The molecule has 18 heavy (non-hydrogen) atoms. The Morgan fingerprint density at radius 1 is 1.06 bits per heavy atom. The SMILES string of the molecule is CC(CCNc1cccc(Br)c1)c1ccccc1. The Hall–Kier alpha value is -1.28. The van der Waals surface area contributed by atoms with Crippen molar-refractivity contribution >= 4 is 21.6 Å². The Kier molecular flexibility index (Phi) is 4.82. The smallest absolute Gasteiger partial charge is 0.0351 e. The zero-order valence-corrected chi connectivity index (χ0v) is 12.2. The average Bonchev–Trinajstić information content (AvgIpc) is 2.40. The van der Waals surface area contributed by atoms with E-state index < -0.39 is 0 Å². The van der Waals surface area contributed by atoms with Crippen LogP contribution in [0.25, 0.3) is 0 Å². The standard InChI is InChI=1S/C16H18BrN/c1-13(14-6-3-2-4-7-14)10-11-18-16-9-5-8-15(17)12-16/h2-9,12-13,18H,10-11H2,1H3. The summed E-state index contributed by atoms with van der Waals surface area (Å²) in [6, 6.07) is 19.0. The van der Waals surface area contributed by atoms with Crippen molar-refractivity contribution in [1.29, 1.82) is 0 Å². The molecule has 2 rings (SSSR count). The second kappa shape index (κ2) is 6.60. The molecular formula is C16H18BrN. The number of nitrogens with one attached hydrogen (secondary N) is 1. The molecule has 0 saturated heterocycles. The van der Waals surface area contributed by atoms with Crippen molar-refractivity contribution in [2.45, 2.75) is 19.3 Å². The number of hydrogen-bond acceptors (Lipinski definition) is 1. The van der Waals surface area contributed by atoms with Crippen LogP contribution in [0.2, 0.25) is 0 Å². The molecule has 2 heteroatoms. The van der Waals surface area contributed by atoms with Gasteiger partial charge < -0.3 is 5.32 Å². The van der Waals surface area contributed by atoms with Gasteiger partial charge in [-0.15, -0.1) is 0 Å². The fourth-order valence-electron chi connectivity index (χ4n) is 1.98. The number of rotatable bonds is 5. The summed E-state index contributed by atoms with van der Waals surface area (Å²) in [7, 11) is 0. The fourth-order valence-corrected chi connectivity index (χ4v) is 2.38. The van der Waals surface area contributed by atoms with E-state index in [-0.39, 0.29) is 0 Å². The van der Waals surface area contributed by atoms with Gasteiger partial charge in [0.1, 0.15) is 0 Å². The summed E-state index contributed by atoms with van der Waals surface area (Å²) in [5, 5.41) is 3.46. The summed E-state index contributed by atoms with van der Waals surface area (Å²) in [6.45, 7) is 3.27. The maximum absolute atomic E-state index is 3.48. The second-order valence-electron chi connectivity index (χ2n) is 4.54. The Labute approximate surface area is 117 Å². The van der Waals surface area contributed by atoms with Crippen LogP contribution in [0.4, 0.5) is 5.69 Å². The van der Waals surface area contributed by atoms with Gasteiger partial charge in [-0.05, 0) is 36.1 Å². The highest BCUT2D eigenvalue weighted by Gasteiger charge is 2.04. The van der Waals surface area contributed by atoms with Crippen molar-refractivity contribution in [2.24, 2.45) is 0 Å². The van der Waals surface area contributed by atoms with Crippen LogP contribution in [0.5, 0.6) is 0 Å². The molecule has 0 aliphatic carbocycles. The van der Waals surface area contributed by atoms with Crippen LogP contribution in [0.1, 0.15) is 24.8 Å². The zero-order valence-electron chi connectivity index (χ0n) is 10.6. The first-order valence-electron chi connectivity index (χ1n) is 6.30. The van der Waals surface area contributed by atoms with Crippen LogP contribution >= 0.6 is 15.9 Å². The number of benzene rings is 2. The highest BCUT2D eigenvalue weighted by molar-refractivity contribution is 9.10. The van der Waals surface area contributed by atoms with Crippen molar-refractivity contribution in [3.63, 3.8) is 0 Å². The fraction of sp³-hybridized carbons (Fsp3) is 0.250. The van der Waals surface area contributed by atoms with E-state index in [2.05, 4.69) is 70.6 Å². The van der Waals surface area contributed by atoms with Gasteiger partial charge in [-0.1, -0.05) is 59.3 Å². The van der Waals surface area contributed by atoms with Crippen molar-refractivity contribution < 1.29 is 0 Å². The topological polar surface area (TPSA) is 12.0 Å². The van der Waals surface area contributed by atoms with Gasteiger partial charge in [0.05, 0.1) is 0 Å². The minimum absolute atomic E-state index is 0.589. The summed E-state index contributed by atoms with van der Waals surface area (Å²) in [5.74, 6) is 0.589. The number of halogens is 1. The lowest BCUT2D eigenvalue weighted by Crippen LogP contribution is -2.05. The molecule has 0 aliphatic heterocycles. The molecule has 2 aromatic carbocycles. The number of hydrogen-bond donors (Lipinski definition) is 1. The lowest BCUT2D eigenvalue weighted by atomic mass is 9.98. The van der Waals surface area contributed by atoms with E-state index in [1.807, 2.05) is 12.1 Å². The zero-order chi connectivity index (χ0) is 12.8. The minimum Gasteiger partial charge on any atom is -0.385 e. The van der Waals surface area contributed by atoms with Crippen molar-refractivity contribution in [1.82, 2.24) is 0 Å². The molecule has 1 nitrogen and oxygen atoms in total. The lowest BCUT2D eigenvalue weighted by molar-refractivity contribution is 0.706. The molecule has 0 amide bonds.